The fourth-order valence-electron chi connectivity index (χ4n) is 3.25. The highest BCUT2D eigenvalue weighted by atomic mass is 79.9. The molecule has 11 nitrogen and oxygen atoms in total. The van der Waals surface area contributed by atoms with Crippen molar-refractivity contribution in [3.05, 3.63) is 85.6 Å². The average molecular weight is 588 g/mol. The van der Waals surface area contributed by atoms with Crippen LogP contribution in [0.1, 0.15) is 21.7 Å². The summed E-state index contributed by atoms with van der Waals surface area (Å²) in [5, 5.41) is 27.9. The number of nitrogens with zero attached hydrogens (tertiary/aromatic N) is 5. The number of aromatic nitrogens is 4. The minimum Gasteiger partial charge on any atom is -0.345 e. The molecule has 2 aromatic carbocycles. The molecule has 0 aliphatic rings. The maximum atomic E-state index is 12.8. The summed E-state index contributed by atoms with van der Waals surface area (Å²) in [4.78, 5) is 39.9. The van der Waals surface area contributed by atoms with Crippen LogP contribution < -0.4 is 10.6 Å². The first kappa shape index (κ1) is 25.5. The monoisotopic (exact) mass is 587 g/mol. The van der Waals surface area contributed by atoms with Crippen molar-refractivity contribution in [2.45, 2.75) is 18.6 Å². The van der Waals surface area contributed by atoms with E-state index >= 15 is 0 Å². The molecular formula is C22H18BrN7O4S2. The molecule has 0 radical (unpaired) electrons. The molecule has 0 saturated heterocycles. The number of nitrogens with one attached hydrogen (secondary N) is 2. The second-order valence-electron chi connectivity index (χ2n) is 7.27. The van der Waals surface area contributed by atoms with Crippen LogP contribution in [0.25, 0.3) is 5.69 Å². The second kappa shape index (κ2) is 11.4. The summed E-state index contributed by atoms with van der Waals surface area (Å²) in [5.74, 6) is -0.209. The zero-order valence-corrected chi connectivity index (χ0v) is 21.9. The number of thiazole rings is 1. The molecule has 184 valence electrons. The fourth-order valence-corrected chi connectivity index (χ4v) is 4.83. The van der Waals surface area contributed by atoms with Gasteiger partial charge in [-0.1, -0.05) is 33.8 Å². The first-order valence-corrected chi connectivity index (χ1v) is 13.0. The number of halogens is 1. The Bertz CT molecular complexity index is 1410. The van der Waals surface area contributed by atoms with Gasteiger partial charge in [0.05, 0.1) is 17.2 Å². The van der Waals surface area contributed by atoms with Gasteiger partial charge in [0.15, 0.2) is 16.1 Å². The van der Waals surface area contributed by atoms with Crippen molar-refractivity contribution < 1.29 is 14.5 Å². The third-order valence-corrected chi connectivity index (χ3v) is 7.10. The number of hydrogen-bond donors (Lipinski definition) is 2. The first-order chi connectivity index (χ1) is 17.3. The fraction of sp³-hybridized carbons (Fsp3) is 0.136. The smallest absolute Gasteiger partial charge is 0.273 e. The van der Waals surface area contributed by atoms with Crippen LogP contribution in [-0.2, 0) is 11.3 Å². The topological polar surface area (TPSA) is 145 Å². The van der Waals surface area contributed by atoms with Crippen LogP contribution in [0.5, 0.6) is 0 Å². The van der Waals surface area contributed by atoms with Gasteiger partial charge < -0.3 is 10.6 Å². The van der Waals surface area contributed by atoms with E-state index in [1.807, 2.05) is 24.3 Å². The van der Waals surface area contributed by atoms with Crippen LogP contribution in [0.15, 0.2) is 63.7 Å². The van der Waals surface area contributed by atoms with E-state index in [1.54, 1.807) is 16.1 Å². The second-order valence-corrected chi connectivity index (χ2v) is 10.0. The molecular weight excluding hydrogens is 570 g/mol. The Hall–Kier alpha value is -3.62. The van der Waals surface area contributed by atoms with Crippen molar-refractivity contribution in [1.29, 1.82) is 0 Å². The van der Waals surface area contributed by atoms with Crippen LogP contribution in [0.4, 0.5) is 10.8 Å². The summed E-state index contributed by atoms with van der Waals surface area (Å²) in [6.07, 6.45) is 1.60. The number of carbonyl (C=O) groups excluding carboxylic acids is 2. The Morgan fingerprint density at radius 3 is 2.67 bits per heavy atom. The van der Waals surface area contributed by atoms with E-state index < -0.39 is 10.8 Å². The molecule has 0 saturated carbocycles. The molecule has 0 atom stereocenters. The Morgan fingerprint density at radius 1 is 1.19 bits per heavy atom. The Morgan fingerprint density at radius 2 is 1.97 bits per heavy atom. The van der Waals surface area contributed by atoms with Crippen LogP contribution >= 0.6 is 39.0 Å². The van der Waals surface area contributed by atoms with E-state index in [9.17, 15) is 19.7 Å². The molecule has 0 aliphatic heterocycles. The van der Waals surface area contributed by atoms with E-state index in [4.69, 9.17) is 0 Å². The zero-order chi connectivity index (χ0) is 25.7. The molecule has 2 heterocycles. The Kier molecular flexibility index (Phi) is 8.07. The van der Waals surface area contributed by atoms with Gasteiger partial charge >= 0.3 is 0 Å². The lowest BCUT2D eigenvalue weighted by atomic mass is 10.1. The van der Waals surface area contributed by atoms with Crippen molar-refractivity contribution in [2.75, 3.05) is 11.1 Å². The van der Waals surface area contributed by atoms with Gasteiger partial charge in [0.25, 0.3) is 11.6 Å². The Labute approximate surface area is 221 Å². The van der Waals surface area contributed by atoms with E-state index in [2.05, 4.69) is 41.7 Å². The number of carbonyl (C=O) groups is 2. The number of nitro benzene ring substituents is 1. The molecule has 0 unspecified atom stereocenters. The third kappa shape index (κ3) is 5.95. The normalized spacial score (nSPS) is 10.7. The standard InChI is InChI=1S/C22H18BrN7O4S2/c1-13-16(3-2-4-17(13)30(33)34)20(32)25-11-18-27-28-22(29(18)15-7-5-14(23)6-8-15)36-12-19(31)26-21-24-9-10-35-21/h2-10H,11-12H2,1H3,(H,25,32)(H,24,26,31). The van der Waals surface area contributed by atoms with Crippen molar-refractivity contribution in [3.63, 3.8) is 0 Å². The summed E-state index contributed by atoms with van der Waals surface area (Å²) in [6.45, 7) is 1.54. The van der Waals surface area contributed by atoms with Gasteiger partial charge in [-0.25, -0.2) is 4.98 Å². The summed E-state index contributed by atoms with van der Waals surface area (Å²) < 4.78 is 2.63. The Balaban J connectivity index is 1.53. The van der Waals surface area contributed by atoms with Crippen molar-refractivity contribution in [1.82, 2.24) is 25.1 Å². The van der Waals surface area contributed by atoms with Crippen molar-refractivity contribution >= 4 is 61.7 Å². The maximum Gasteiger partial charge on any atom is 0.273 e. The van der Waals surface area contributed by atoms with E-state index in [0.717, 1.165) is 10.2 Å². The van der Waals surface area contributed by atoms with E-state index in [-0.39, 0.29) is 35.0 Å². The quantitative estimate of drug-likeness (QED) is 0.167. The predicted molar refractivity (Wildman–Crippen MR) is 140 cm³/mol. The number of thioether (sulfide) groups is 1. The molecule has 0 fully saturated rings. The SMILES string of the molecule is Cc1c(C(=O)NCc2nnc(SCC(=O)Nc3nccs3)n2-c2ccc(Br)cc2)cccc1[N+](=O)[O-]. The lowest BCUT2D eigenvalue weighted by Crippen LogP contribution is -2.25. The number of anilines is 1. The third-order valence-electron chi connectivity index (χ3n) is 4.95. The summed E-state index contributed by atoms with van der Waals surface area (Å²) in [5.41, 5.74) is 1.08. The van der Waals surface area contributed by atoms with Gasteiger partial charge in [-0.3, -0.25) is 24.3 Å². The average Bonchev–Trinajstić information content (AvgIpc) is 3.51. The molecule has 0 spiro atoms. The van der Waals surface area contributed by atoms with Crippen LogP contribution in [0, 0.1) is 17.0 Å². The molecule has 2 N–H and O–H groups in total. The van der Waals surface area contributed by atoms with Gasteiger partial charge in [0, 0.05) is 38.9 Å². The zero-order valence-electron chi connectivity index (χ0n) is 18.7. The largest absolute Gasteiger partial charge is 0.345 e. The highest BCUT2D eigenvalue weighted by Gasteiger charge is 2.20. The molecule has 36 heavy (non-hydrogen) atoms. The summed E-state index contributed by atoms with van der Waals surface area (Å²) >= 11 is 5.93. The highest BCUT2D eigenvalue weighted by Crippen LogP contribution is 2.25. The van der Waals surface area contributed by atoms with Crippen LogP contribution in [0.3, 0.4) is 0 Å². The minimum atomic E-state index is -0.523. The molecule has 2 aromatic heterocycles. The van der Waals surface area contributed by atoms with Gasteiger partial charge in [0.1, 0.15) is 0 Å². The number of nitro groups is 1. The summed E-state index contributed by atoms with van der Waals surface area (Å²) in [7, 11) is 0. The van der Waals surface area contributed by atoms with Crippen molar-refractivity contribution in [3.8, 4) is 5.69 Å². The molecule has 0 aliphatic carbocycles. The van der Waals surface area contributed by atoms with Gasteiger partial charge in [-0.15, -0.1) is 21.5 Å². The number of benzene rings is 2. The molecule has 4 rings (SSSR count). The molecule has 2 amide bonds. The van der Waals surface area contributed by atoms with E-state index in [1.165, 1.54) is 48.2 Å². The molecule has 0 bridgehead atoms. The predicted octanol–water partition coefficient (Wildman–Crippen LogP) is 4.36. The number of amides is 2. The number of hydrogen-bond acceptors (Lipinski definition) is 9. The van der Waals surface area contributed by atoms with E-state index in [0.29, 0.717) is 16.1 Å². The van der Waals surface area contributed by atoms with Crippen LogP contribution in [0.2, 0.25) is 0 Å². The number of rotatable bonds is 9. The van der Waals surface area contributed by atoms with Gasteiger partial charge in [0.2, 0.25) is 5.91 Å². The lowest BCUT2D eigenvalue weighted by molar-refractivity contribution is -0.385. The molecule has 4 aromatic rings. The molecule has 14 heteroatoms. The highest BCUT2D eigenvalue weighted by molar-refractivity contribution is 9.10. The van der Waals surface area contributed by atoms with Gasteiger partial charge in [-0.2, -0.15) is 0 Å². The van der Waals surface area contributed by atoms with Crippen molar-refractivity contribution in [2.24, 2.45) is 0 Å². The first-order valence-electron chi connectivity index (χ1n) is 10.4. The lowest BCUT2D eigenvalue weighted by Gasteiger charge is -2.12. The van der Waals surface area contributed by atoms with Gasteiger partial charge in [-0.05, 0) is 37.3 Å². The maximum absolute atomic E-state index is 12.8. The van der Waals surface area contributed by atoms with Crippen LogP contribution in [-0.4, -0.2) is 42.2 Å². The minimum absolute atomic E-state index is 0.00982. The summed E-state index contributed by atoms with van der Waals surface area (Å²) in [6, 6.07) is 11.8.